The average Bonchev–Trinajstić information content (AvgIpc) is 3.83. The van der Waals surface area contributed by atoms with E-state index in [-0.39, 0.29) is 86.5 Å². The van der Waals surface area contributed by atoms with Crippen molar-refractivity contribution in [3.63, 3.8) is 0 Å². The smallest absolute Gasteiger partial charge is 0.326 e. The van der Waals surface area contributed by atoms with E-state index in [1.807, 2.05) is 25.1 Å². The van der Waals surface area contributed by atoms with Gasteiger partial charge in [0.25, 0.3) is 11.8 Å². The number of aryl methyl sites for hydroxylation is 2. The molecule has 4 aliphatic heterocycles. The molecule has 25 heteroatoms. The number of halogens is 7. The molecule has 0 bridgehead atoms. The van der Waals surface area contributed by atoms with Crippen LogP contribution < -0.4 is 21.3 Å². The lowest BCUT2D eigenvalue weighted by Crippen LogP contribution is -2.50. The van der Waals surface area contributed by atoms with E-state index in [9.17, 15) is 62.4 Å². The zero-order chi connectivity index (χ0) is 55.3. The van der Waals surface area contributed by atoms with Gasteiger partial charge in [-0.15, -0.1) is 0 Å². The first-order valence-electron chi connectivity index (χ1n) is 22.9. The van der Waals surface area contributed by atoms with Crippen LogP contribution in [0.3, 0.4) is 0 Å². The minimum absolute atomic E-state index is 0.0277. The van der Waals surface area contributed by atoms with E-state index in [2.05, 4.69) is 53.8 Å². The Morgan fingerprint density at radius 1 is 0.653 bits per heavy atom. The molecule has 2 spiro atoms. The number of amides is 4. The number of amidine groups is 2. The molecule has 4 aliphatic rings. The molecule has 0 aliphatic carbocycles. The SMILES string of the molecule is C=CS(=O)(=O)N1CCC2(CC1)N=C(c1cccc(C(F)(F)F)c1)NC2=O.CC(=O)Nc1ccc(/C=C/S(=O)(=O)N2CCC3(CC2)N=C(c2cccc(C(F)(F)F)c2)NC3=O)c(C)c1.CC(=O)Nc1ccc(Br)c(C)c1. The van der Waals surface area contributed by atoms with E-state index >= 15 is 0 Å². The second-order valence-electron chi connectivity index (χ2n) is 17.8. The van der Waals surface area contributed by atoms with Gasteiger partial charge in [0.2, 0.25) is 31.9 Å². The molecule has 4 aromatic carbocycles. The Morgan fingerprint density at radius 2 is 1.07 bits per heavy atom. The fourth-order valence-electron chi connectivity index (χ4n) is 8.31. The highest BCUT2D eigenvalue weighted by molar-refractivity contribution is 9.10. The summed E-state index contributed by atoms with van der Waals surface area (Å²) in [5.74, 6) is -1.03. The fourth-order valence-corrected chi connectivity index (χ4v) is 10.6. The number of nitrogens with zero attached hydrogens (tertiary/aromatic N) is 4. The summed E-state index contributed by atoms with van der Waals surface area (Å²) >= 11 is 3.38. The molecular formula is C50H51BrF6N8O8S2. The summed E-state index contributed by atoms with van der Waals surface area (Å²) < 4.78 is 131. The summed E-state index contributed by atoms with van der Waals surface area (Å²) in [7, 11) is -7.38. The van der Waals surface area contributed by atoms with Gasteiger partial charge in [0.15, 0.2) is 0 Å². The quantitative estimate of drug-likeness (QED) is 0.119. The Hall–Kier alpha value is -6.54. The largest absolute Gasteiger partial charge is 0.416 e. The monoisotopic (exact) mass is 1150 g/mol. The fraction of sp³-hybridized carbons (Fsp3) is 0.320. The molecule has 400 valence electrons. The van der Waals surface area contributed by atoms with Crippen molar-refractivity contribution in [3.05, 3.63) is 146 Å². The summed E-state index contributed by atoms with van der Waals surface area (Å²) in [6.45, 7) is 10.2. The van der Waals surface area contributed by atoms with Crippen molar-refractivity contribution in [2.45, 2.75) is 76.8 Å². The number of aliphatic imine (C=N–C) groups is 2. The van der Waals surface area contributed by atoms with Crippen LogP contribution in [0.4, 0.5) is 37.7 Å². The predicted octanol–water partition coefficient (Wildman–Crippen LogP) is 8.29. The van der Waals surface area contributed by atoms with Crippen LogP contribution in [-0.4, -0.2) is 98.0 Å². The Balaban J connectivity index is 0.000000207. The van der Waals surface area contributed by atoms with E-state index in [4.69, 9.17) is 0 Å². The number of carbonyl (C=O) groups excluding carboxylic acids is 4. The zero-order valence-corrected chi connectivity index (χ0v) is 43.9. The zero-order valence-electron chi connectivity index (χ0n) is 40.7. The minimum Gasteiger partial charge on any atom is -0.326 e. The molecule has 0 radical (unpaired) electrons. The number of sulfonamides is 2. The third kappa shape index (κ3) is 14.2. The van der Waals surface area contributed by atoms with Crippen molar-refractivity contribution >= 4 is 88.7 Å². The van der Waals surface area contributed by atoms with Crippen molar-refractivity contribution in [1.29, 1.82) is 0 Å². The van der Waals surface area contributed by atoms with Crippen LogP contribution in [0.1, 0.15) is 78.5 Å². The van der Waals surface area contributed by atoms with Crippen molar-refractivity contribution in [3.8, 4) is 0 Å². The third-order valence-electron chi connectivity index (χ3n) is 12.4. The lowest BCUT2D eigenvalue weighted by Gasteiger charge is -2.34. The molecule has 2 saturated heterocycles. The average molecular weight is 1150 g/mol. The molecule has 0 saturated carbocycles. The first-order valence-corrected chi connectivity index (χ1v) is 26.7. The van der Waals surface area contributed by atoms with Gasteiger partial charge in [-0.25, -0.2) is 16.8 Å². The van der Waals surface area contributed by atoms with E-state index in [1.54, 1.807) is 25.1 Å². The normalized spacial score (nSPS) is 17.7. The van der Waals surface area contributed by atoms with Crippen LogP contribution in [0.5, 0.6) is 0 Å². The van der Waals surface area contributed by atoms with Crippen LogP contribution in [0.2, 0.25) is 0 Å². The van der Waals surface area contributed by atoms with Gasteiger partial charge in [0.05, 0.1) is 11.1 Å². The first kappa shape index (κ1) is 57.7. The van der Waals surface area contributed by atoms with Crippen molar-refractivity contribution in [1.82, 2.24) is 19.2 Å². The lowest BCUT2D eigenvalue weighted by molar-refractivity contribution is -0.138. The summed E-state index contributed by atoms with van der Waals surface area (Å²) in [5, 5.41) is 12.4. The molecule has 4 heterocycles. The van der Waals surface area contributed by atoms with E-state index in [0.717, 1.165) is 56.4 Å². The maximum absolute atomic E-state index is 13.1. The number of rotatable bonds is 9. The van der Waals surface area contributed by atoms with E-state index < -0.39 is 66.4 Å². The van der Waals surface area contributed by atoms with Crippen LogP contribution in [0.15, 0.2) is 117 Å². The predicted molar refractivity (Wildman–Crippen MR) is 275 cm³/mol. The molecule has 0 aromatic heterocycles. The highest BCUT2D eigenvalue weighted by Crippen LogP contribution is 2.36. The second-order valence-corrected chi connectivity index (χ2v) is 22.4. The first-order chi connectivity index (χ1) is 35.0. The van der Waals surface area contributed by atoms with Crippen LogP contribution in [0, 0.1) is 13.8 Å². The maximum atomic E-state index is 13.1. The summed E-state index contributed by atoms with van der Waals surface area (Å²) in [6.07, 6.45) is -7.07. The second kappa shape index (κ2) is 22.7. The van der Waals surface area contributed by atoms with Crippen LogP contribution in [0.25, 0.3) is 6.08 Å². The van der Waals surface area contributed by atoms with Gasteiger partial charge >= 0.3 is 12.4 Å². The molecule has 0 atom stereocenters. The summed E-state index contributed by atoms with van der Waals surface area (Å²) in [4.78, 5) is 55.8. The number of carbonyl (C=O) groups is 4. The molecule has 2 fully saturated rings. The van der Waals surface area contributed by atoms with Gasteiger partial charge in [0.1, 0.15) is 22.7 Å². The molecule has 4 aromatic rings. The molecule has 0 unspecified atom stereocenters. The molecule has 4 N–H and O–H groups in total. The van der Waals surface area contributed by atoms with Gasteiger partial charge in [-0.05, 0) is 117 Å². The molecular weight excluding hydrogens is 1100 g/mol. The Morgan fingerprint density at radius 3 is 1.45 bits per heavy atom. The number of hydrogen-bond acceptors (Lipinski definition) is 10. The van der Waals surface area contributed by atoms with Crippen molar-refractivity contribution in [2.75, 3.05) is 36.8 Å². The van der Waals surface area contributed by atoms with E-state index in [0.29, 0.717) is 11.3 Å². The lowest BCUT2D eigenvalue weighted by atomic mass is 9.89. The topological polar surface area (TPSA) is 216 Å². The molecule has 4 amide bonds. The Bertz CT molecular complexity index is 3220. The van der Waals surface area contributed by atoms with Gasteiger partial charge in [-0.1, -0.05) is 52.8 Å². The van der Waals surface area contributed by atoms with Crippen LogP contribution in [-0.2, 0) is 51.6 Å². The van der Waals surface area contributed by atoms with E-state index in [1.165, 1.54) is 52.8 Å². The number of hydrogen-bond donors (Lipinski definition) is 4. The van der Waals surface area contributed by atoms with Gasteiger partial charge in [0, 0.05) is 77.8 Å². The Labute approximate surface area is 437 Å². The van der Waals surface area contributed by atoms with Gasteiger partial charge in [-0.3, -0.25) is 29.2 Å². The summed E-state index contributed by atoms with van der Waals surface area (Å²) in [5.41, 5.74) is 0.216. The third-order valence-corrected chi connectivity index (χ3v) is 16.4. The molecule has 8 rings (SSSR count). The minimum atomic E-state index is -4.53. The summed E-state index contributed by atoms with van der Waals surface area (Å²) in [6, 6.07) is 19.9. The van der Waals surface area contributed by atoms with Gasteiger partial charge < -0.3 is 21.3 Å². The number of anilines is 2. The standard InChI is InChI=1S/C25H25F3N4O4S.C16H16F3N3O3S.C9H10BrNO/c1-16-14-21(29-17(2)33)7-6-18(16)8-13-37(35,36)32-11-9-24(10-12-32)23(34)30-22(31-24)19-4-3-5-20(15-19)25(26,27)28;1-2-26(24,25)22-8-6-15(7-9-22)14(23)20-13(21-15)11-4-3-5-12(10-11)16(17,18)19;1-6-5-8(11-7(2)12)3-4-9(6)10/h3-8,13-15H,9-12H2,1-2H3,(H,29,33)(H,30,31,34);2-5,10H,1,6-9H2,(H,20,21,23);3-5H,1-2H3,(H,11,12)/b13-8+;;. The molecule has 75 heavy (non-hydrogen) atoms. The number of piperidine rings is 2. The van der Waals surface area contributed by atoms with Gasteiger partial charge in [-0.2, -0.15) is 35.0 Å². The highest BCUT2D eigenvalue weighted by Gasteiger charge is 2.49. The maximum Gasteiger partial charge on any atom is 0.416 e. The highest BCUT2D eigenvalue weighted by atomic mass is 79.9. The number of benzene rings is 4. The number of nitrogens with one attached hydrogen (secondary N) is 4. The number of alkyl halides is 6. The van der Waals surface area contributed by atoms with Crippen molar-refractivity contribution in [2.24, 2.45) is 9.98 Å². The Kier molecular flexibility index (Phi) is 17.5. The molecule has 16 nitrogen and oxygen atoms in total. The van der Waals surface area contributed by atoms with Crippen LogP contribution >= 0.6 is 15.9 Å². The van der Waals surface area contributed by atoms with Crippen molar-refractivity contribution < 1.29 is 62.4 Å².